The molecule has 0 spiro atoms. The fourth-order valence-corrected chi connectivity index (χ4v) is 1.82. The Morgan fingerprint density at radius 3 is 2.28 bits per heavy atom. The SMILES string of the molecule is CC(C)OC(=O)CCC1(CCC(=O)O)OCCO1. The summed E-state index contributed by atoms with van der Waals surface area (Å²) in [5.74, 6) is -2.16. The number of ether oxygens (including phenoxy) is 3. The standard InChI is InChI=1S/C12H20O6/c1-9(2)18-11(15)4-6-12(5-3-10(13)14)16-7-8-17-12/h9H,3-8H2,1-2H3,(H,13,14). The summed E-state index contributed by atoms with van der Waals surface area (Å²) < 4.78 is 15.9. The van der Waals surface area contributed by atoms with Gasteiger partial charge in [-0.05, 0) is 13.8 Å². The fourth-order valence-electron chi connectivity index (χ4n) is 1.82. The Balaban J connectivity index is 2.42. The first-order chi connectivity index (χ1) is 8.43. The van der Waals surface area contributed by atoms with E-state index in [1.54, 1.807) is 13.8 Å². The lowest BCUT2D eigenvalue weighted by Gasteiger charge is -2.26. The zero-order valence-electron chi connectivity index (χ0n) is 10.8. The molecule has 0 aromatic rings. The highest BCUT2D eigenvalue weighted by atomic mass is 16.7. The van der Waals surface area contributed by atoms with Crippen LogP contribution >= 0.6 is 0 Å². The fraction of sp³-hybridized carbons (Fsp3) is 0.833. The molecular weight excluding hydrogens is 240 g/mol. The maximum Gasteiger partial charge on any atom is 0.306 e. The summed E-state index contributed by atoms with van der Waals surface area (Å²) in [6.45, 7) is 4.42. The zero-order chi connectivity index (χ0) is 13.6. The van der Waals surface area contributed by atoms with Gasteiger partial charge in [0.2, 0.25) is 0 Å². The third-order valence-electron chi connectivity index (χ3n) is 2.61. The molecule has 6 heteroatoms. The lowest BCUT2D eigenvalue weighted by atomic mass is 10.0. The van der Waals surface area contributed by atoms with E-state index < -0.39 is 11.8 Å². The number of carbonyl (C=O) groups excluding carboxylic acids is 1. The van der Waals surface area contributed by atoms with E-state index >= 15 is 0 Å². The normalized spacial score (nSPS) is 17.9. The van der Waals surface area contributed by atoms with E-state index in [0.717, 1.165) is 0 Å². The van der Waals surface area contributed by atoms with Gasteiger partial charge in [0.1, 0.15) is 0 Å². The predicted octanol–water partition coefficient (Wildman–Crippen LogP) is 1.33. The second-order valence-electron chi connectivity index (χ2n) is 4.54. The first-order valence-electron chi connectivity index (χ1n) is 6.13. The zero-order valence-corrected chi connectivity index (χ0v) is 10.8. The summed E-state index contributed by atoms with van der Waals surface area (Å²) in [6, 6.07) is 0. The van der Waals surface area contributed by atoms with Gasteiger partial charge in [-0.25, -0.2) is 0 Å². The summed E-state index contributed by atoms with van der Waals surface area (Å²) in [4.78, 5) is 22.0. The monoisotopic (exact) mass is 260 g/mol. The van der Waals surface area contributed by atoms with Crippen molar-refractivity contribution in [1.29, 1.82) is 0 Å². The molecule has 1 fully saturated rings. The van der Waals surface area contributed by atoms with Crippen LogP contribution in [0.5, 0.6) is 0 Å². The Kier molecular flexibility index (Phi) is 5.55. The van der Waals surface area contributed by atoms with Crippen LogP contribution in [0.25, 0.3) is 0 Å². The van der Waals surface area contributed by atoms with Crippen LogP contribution in [0.1, 0.15) is 39.5 Å². The van der Waals surface area contributed by atoms with Gasteiger partial charge in [-0.3, -0.25) is 9.59 Å². The molecule has 18 heavy (non-hydrogen) atoms. The van der Waals surface area contributed by atoms with Crippen molar-refractivity contribution in [1.82, 2.24) is 0 Å². The lowest BCUT2D eigenvalue weighted by molar-refractivity contribution is -0.178. The van der Waals surface area contributed by atoms with E-state index in [4.69, 9.17) is 19.3 Å². The van der Waals surface area contributed by atoms with E-state index in [1.807, 2.05) is 0 Å². The second-order valence-corrected chi connectivity index (χ2v) is 4.54. The first-order valence-corrected chi connectivity index (χ1v) is 6.13. The average molecular weight is 260 g/mol. The molecule has 0 aromatic heterocycles. The van der Waals surface area contributed by atoms with Crippen molar-refractivity contribution in [2.45, 2.75) is 51.4 Å². The number of hydrogen-bond acceptors (Lipinski definition) is 5. The van der Waals surface area contributed by atoms with E-state index in [1.165, 1.54) is 0 Å². The number of carbonyl (C=O) groups is 2. The number of hydrogen-bond donors (Lipinski definition) is 1. The van der Waals surface area contributed by atoms with E-state index in [-0.39, 0.29) is 31.3 Å². The molecule has 1 heterocycles. The Hall–Kier alpha value is -1.14. The average Bonchev–Trinajstić information content (AvgIpc) is 2.72. The van der Waals surface area contributed by atoms with Gasteiger partial charge < -0.3 is 19.3 Å². The molecule has 0 atom stereocenters. The smallest absolute Gasteiger partial charge is 0.306 e. The van der Waals surface area contributed by atoms with Crippen LogP contribution < -0.4 is 0 Å². The second kappa shape index (κ2) is 6.70. The molecule has 0 aliphatic carbocycles. The maximum atomic E-state index is 11.4. The van der Waals surface area contributed by atoms with Crippen LogP contribution in [0, 0.1) is 0 Å². The largest absolute Gasteiger partial charge is 0.481 e. The topological polar surface area (TPSA) is 82.1 Å². The molecule has 1 aliphatic rings. The molecule has 0 bridgehead atoms. The summed E-state index contributed by atoms with van der Waals surface area (Å²) in [6.07, 6.45) is 0.540. The molecule has 1 saturated heterocycles. The highest BCUT2D eigenvalue weighted by molar-refractivity contribution is 5.69. The Morgan fingerprint density at radius 1 is 1.22 bits per heavy atom. The molecule has 0 amide bonds. The van der Waals surface area contributed by atoms with Gasteiger partial charge in [0, 0.05) is 12.8 Å². The van der Waals surface area contributed by atoms with E-state index in [0.29, 0.717) is 19.6 Å². The molecule has 0 unspecified atom stereocenters. The van der Waals surface area contributed by atoms with Crippen molar-refractivity contribution in [3.8, 4) is 0 Å². The van der Waals surface area contributed by atoms with Crippen molar-refractivity contribution >= 4 is 11.9 Å². The number of rotatable bonds is 7. The van der Waals surface area contributed by atoms with Crippen molar-refractivity contribution in [2.75, 3.05) is 13.2 Å². The van der Waals surface area contributed by atoms with Crippen molar-refractivity contribution in [3.63, 3.8) is 0 Å². The molecule has 104 valence electrons. The van der Waals surface area contributed by atoms with Gasteiger partial charge in [0.25, 0.3) is 0 Å². The van der Waals surface area contributed by atoms with Gasteiger partial charge in [-0.1, -0.05) is 0 Å². The van der Waals surface area contributed by atoms with Crippen molar-refractivity contribution < 1.29 is 28.9 Å². The van der Waals surface area contributed by atoms with Crippen LogP contribution in [-0.4, -0.2) is 42.1 Å². The van der Waals surface area contributed by atoms with Crippen LogP contribution in [0.4, 0.5) is 0 Å². The Morgan fingerprint density at radius 2 is 1.78 bits per heavy atom. The van der Waals surface area contributed by atoms with Crippen molar-refractivity contribution in [2.24, 2.45) is 0 Å². The number of esters is 1. The van der Waals surface area contributed by atoms with Gasteiger partial charge in [0.15, 0.2) is 5.79 Å². The third kappa shape index (κ3) is 5.01. The molecule has 0 radical (unpaired) electrons. The third-order valence-corrected chi connectivity index (χ3v) is 2.61. The number of carboxylic acids is 1. The Labute approximate surface area is 106 Å². The minimum atomic E-state index is -0.936. The Bertz CT molecular complexity index is 293. The molecule has 0 saturated carbocycles. The summed E-state index contributed by atoms with van der Waals surface area (Å²) >= 11 is 0. The maximum absolute atomic E-state index is 11.4. The highest BCUT2D eigenvalue weighted by Gasteiger charge is 2.37. The summed E-state index contributed by atoms with van der Waals surface area (Å²) in [7, 11) is 0. The van der Waals surface area contributed by atoms with Crippen LogP contribution in [-0.2, 0) is 23.8 Å². The van der Waals surface area contributed by atoms with E-state index in [2.05, 4.69) is 0 Å². The highest BCUT2D eigenvalue weighted by Crippen LogP contribution is 2.30. The summed E-state index contributed by atoms with van der Waals surface area (Å²) in [5.41, 5.74) is 0. The number of aliphatic carboxylic acids is 1. The van der Waals surface area contributed by atoms with Gasteiger partial charge in [0.05, 0.1) is 32.2 Å². The van der Waals surface area contributed by atoms with E-state index in [9.17, 15) is 9.59 Å². The molecule has 0 aromatic carbocycles. The van der Waals surface area contributed by atoms with Gasteiger partial charge >= 0.3 is 11.9 Å². The minimum Gasteiger partial charge on any atom is -0.481 e. The molecule has 6 nitrogen and oxygen atoms in total. The number of carboxylic acid groups (broad SMARTS) is 1. The molecule has 1 aliphatic heterocycles. The predicted molar refractivity (Wildman–Crippen MR) is 62.0 cm³/mol. The lowest BCUT2D eigenvalue weighted by Crippen LogP contribution is -2.32. The first kappa shape index (κ1) is 14.9. The molecule has 1 rings (SSSR count). The minimum absolute atomic E-state index is 0.0424. The van der Waals surface area contributed by atoms with Gasteiger partial charge in [-0.2, -0.15) is 0 Å². The van der Waals surface area contributed by atoms with Crippen LogP contribution in [0.2, 0.25) is 0 Å². The van der Waals surface area contributed by atoms with Crippen LogP contribution in [0.3, 0.4) is 0 Å². The quantitative estimate of drug-likeness (QED) is 0.695. The van der Waals surface area contributed by atoms with Gasteiger partial charge in [-0.15, -0.1) is 0 Å². The van der Waals surface area contributed by atoms with Crippen molar-refractivity contribution in [3.05, 3.63) is 0 Å². The molecule has 1 N–H and O–H groups in total. The summed E-state index contributed by atoms with van der Waals surface area (Å²) in [5, 5.41) is 8.68. The van der Waals surface area contributed by atoms with Crippen LogP contribution in [0.15, 0.2) is 0 Å². The molecular formula is C12H20O6.